The Morgan fingerprint density at radius 3 is 2.47 bits per heavy atom. The molecule has 0 amide bonds. The van der Waals surface area contributed by atoms with Crippen molar-refractivity contribution in [3.8, 4) is 0 Å². The maximum atomic E-state index is 11.1. The van der Waals surface area contributed by atoms with Gasteiger partial charge < -0.3 is 4.74 Å². The van der Waals surface area contributed by atoms with Crippen molar-refractivity contribution in [2.45, 2.75) is 53.1 Å². The molecular formula is C13H20O2. The van der Waals surface area contributed by atoms with E-state index in [1.54, 1.807) is 0 Å². The minimum Gasteiger partial charge on any atom is -0.462 e. The van der Waals surface area contributed by atoms with Crippen LogP contribution in [0.2, 0.25) is 0 Å². The largest absolute Gasteiger partial charge is 0.462 e. The summed E-state index contributed by atoms with van der Waals surface area (Å²) in [6, 6.07) is 0. The molecule has 3 fully saturated rings. The normalized spacial score (nSPS) is 60.3. The number of ether oxygens (including phenoxy) is 1. The predicted octanol–water partition coefficient (Wildman–Crippen LogP) is 2.76. The van der Waals surface area contributed by atoms with E-state index in [4.69, 9.17) is 4.74 Å². The van der Waals surface area contributed by atoms with Crippen molar-refractivity contribution in [1.82, 2.24) is 0 Å². The fourth-order valence-electron chi connectivity index (χ4n) is 5.28. The van der Waals surface area contributed by atoms with Crippen molar-refractivity contribution in [1.29, 1.82) is 0 Å². The molecule has 0 radical (unpaired) electrons. The summed E-state index contributed by atoms with van der Waals surface area (Å²) in [5.41, 5.74) is 1.25. The Morgan fingerprint density at radius 2 is 2.00 bits per heavy atom. The summed E-state index contributed by atoms with van der Waals surface area (Å²) in [6.07, 6.45) is 3.87. The van der Waals surface area contributed by atoms with Crippen molar-refractivity contribution < 1.29 is 9.53 Å². The summed E-state index contributed by atoms with van der Waals surface area (Å²) >= 11 is 0. The highest BCUT2D eigenvalue weighted by Gasteiger charge is 2.82. The van der Waals surface area contributed by atoms with Gasteiger partial charge in [0.05, 0.1) is 0 Å². The van der Waals surface area contributed by atoms with Crippen molar-refractivity contribution in [3.05, 3.63) is 0 Å². The van der Waals surface area contributed by atoms with Crippen molar-refractivity contribution >= 4 is 5.97 Å². The summed E-state index contributed by atoms with van der Waals surface area (Å²) in [5, 5.41) is 0. The molecule has 5 atom stereocenters. The molecule has 5 unspecified atom stereocenters. The van der Waals surface area contributed by atoms with E-state index in [0.717, 1.165) is 12.3 Å². The second-order valence-electron chi connectivity index (χ2n) is 6.59. The minimum atomic E-state index is -0.111. The quantitative estimate of drug-likeness (QED) is 0.619. The molecule has 0 aliphatic heterocycles. The summed E-state index contributed by atoms with van der Waals surface area (Å²) in [7, 11) is 0. The third kappa shape index (κ3) is 0.754. The van der Waals surface area contributed by atoms with Crippen LogP contribution in [0, 0.1) is 22.2 Å². The van der Waals surface area contributed by atoms with Crippen LogP contribution < -0.4 is 0 Å². The van der Waals surface area contributed by atoms with E-state index in [9.17, 15) is 4.79 Å². The Hall–Kier alpha value is -0.530. The molecule has 0 bridgehead atoms. The molecule has 0 aromatic carbocycles. The molecule has 3 saturated carbocycles. The topological polar surface area (TPSA) is 26.3 Å². The first-order valence-corrected chi connectivity index (χ1v) is 6.01. The van der Waals surface area contributed by atoms with Crippen molar-refractivity contribution in [3.63, 3.8) is 0 Å². The van der Waals surface area contributed by atoms with Crippen LogP contribution >= 0.6 is 0 Å². The molecule has 84 valence electrons. The summed E-state index contributed by atoms with van der Waals surface area (Å²) in [4.78, 5) is 11.1. The van der Waals surface area contributed by atoms with Gasteiger partial charge in [0.1, 0.15) is 6.10 Å². The molecule has 0 heterocycles. The van der Waals surface area contributed by atoms with Gasteiger partial charge in [-0.2, -0.15) is 0 Å². The Kier molecular flexibility index (Phi) is 1.46. The van der Waals surface area contributed by atoms with Crippen molar-refractivity contribution in [2.75, 3.05) is 0 Å². The van der Waals surface area contributed by atoms with E-state index in [1.807, 2.05) is 0 Å². The first-order valence-electron chi connectivity index (χ1n) is 6.01. The van der Waals surface area contributed by atoms with Gasteiger partial charge in [0.2, 0.25) is 0 Å². The average Bonchev–Trinajstić information content (AvgIpc) is 2.24. The van der Waals surface area contributed by atoms with E-state index < -0.39 is 0 Å². The fourth-order valence-corrected chi connectivity index (χ4v) is 5.28. The van der Waals surface area contributed by atoms with Gasteiger partial charge in [-0.3, -0.25) is 4.79 Å². The molecule has 0 N–H and O–H groups in total. The van der Waals surface area contributed by atoms with Crippen LogP contribution in [0.25, 0.3) is 0 Å². The smallest absolute Gasteiger partial charge is 0.302 e. The maximum Gasteiger partial charge on any atom is 0.302 e. The average molecular weight is 208 g/mol. The molecule has 2 heteroatoms. The molecule has 0 saturated heterocycles. The van der Waals surface area contributed by atoms with Gasteiger partial charge in [-0.25, -0.2) is 0 Å². The molecule has 2 nitrogen and oxygen atoms in total. The van der Waals surface area contributed by atoms with Crippen molar-refractivity contribution in [2.24, 2.45) is 22.2 Å². The van der Waals surface area contributed by atoms with E-state index in [0.29, 0.717) is 10.8 Å². The highest BCUT2D eigenvalue weighted by atomic mass is 16.5. The molecule has 0 spiro atoms. The predicted molar refractivity (Wildman–Crippen MR) is 57.2 cm³/mol. The highest BCUT2D eigenvalue weighted by Crippen LogP contribution is 2.86. The number of hydrogen-bond donors (Lipinski definition) is 0. The van der Waals surface area contributed by atoms with Gasteiger partial charge in [-0.1, -0.05) is 20.8 Å². The Morgan fingerprint density at radius 1 is 1.33 bits per heavy atom. The molecule has 3 aliphatic carbocycles. The summed E-state index contributed by atoms with van der Waals surface area (Å²) in [6.45, 7) is 8.67. The molecule has 0 aromatic rings. The summed E-state index contributed by atoms with van der Waals surface area (Å²) < 4.78 is 5.52. The third-order valence-corrected chi connectivity index (χ3v) is 6.23. The zero-order valence-electron chi connectivity index (χ0n) is 10.1. The Balaban J connectivity index is 1.91. The number of rotatable bonds is 1. The standard InChI is InChI=1S/C13H20O2/c1-8(14)15-10-5-9-6-11(2)7-12(10,3)13(9,11)4/h9-10H,5-7H2,1-4H3. The van der Waals surface area contributed by atoms with Gasteiger partial charge in [0.25, 0.3) is 0 Å². The van der Waals surface area contributed by atoms with Gasteiger partial charge in [0.15, 0.2) is 0 Å². The highest BCUT2D eigenvalue weighted by molar-refractivity contribution is 5.66. The van der Waals surface area contributed by atoms with Crippen LogP contribution in [0.15, 0.2) is 0 Å². The minimum absolute atomic E-state index is 0.111. The lowest BCUT2D eigenvalue weighted by Gasteiger charge is -2.75. The molecule has 15 heavy (non-hydrogen) atoms. The Labute approximate surface area is 91.4 Å². The van der Waals surface area contributed by atoms with E-state index in [-0.39, 0.29) is 17.5 Å². The first kappa shape index (κ1) is 9.68. The maximum absolute atomic E-state index is 11.1. The lowest BCUT2D eigenvalue weighted by molar-refractivity contribution is -0.287. The number of carbonyl (C=O) groups is 1. The van der Waals surface area contributed by atoms with Crippen LogP contribution in [0.4, 0.5) is 0 Å². The van der Waals surface area contributed by atoms with Crippen LogP contribution in [0.5, 0.6) is 0 Å². The van der Waals surface area contributed by atoms with Gasteiger partial charge in [-0.15, -0.1) is 0 Å². The van der Waals surface area contributed by atoms with Crippen LogP contribution in [0.3, 0.4) is 0 Å². The van der Waals surface area contributed by atoms with Crippen LogP contribution in [-0.2, 0) is 9.53 Å². The summed E-state index contributed by atoms with van der Waals surface area (Å²) in [5.74, 6) is 0.685. The fraction of sp³-hybridized carbons (Fsp3) is 0.923. The van der Waals surface area contributed by atoms with Crippen LogP contribution in [0.1, 0.15) is 47.0 Å². The number of esters is 1. The second kappa shape index (κ2) is 2.26. The van der Waals surface area contributed by atoms with Gasteiger partial charge in [0, 0.05) is 12.3 Å². The van der Waals surface area contributed by atoms with Gasteiger partial charge in [-0.05, 0) is 36.0 Å². The zero-order valence-corrected chi connectivity index (χ0v) is 10.1. The van der Waals surface area contributed by atoms with Crippen LogP contribution in [-0.4, -0.2) is 12.1 Å². The zero-order chi connectivity index (χ0) is 11.1. The molecule has 3 rings (SSSR count). The lowest BCUT2D eigenvalue weighted by atomic mass is 9.28. The van der Waals surface area contributed by atoms with E-state index in [1.165, 1.54) is 19.8 Å². The third-order valence-electron chi connectivity index (χ3n) is 6.23. The number of carbonyl (C=O) groups excluding carboxylic acids is 1. The molecule has 0 aromatic heterocycles. The van der Waals surface area contributed by atoms with Gasteiger partial charge >= 0.3 is 5.97 Å². The molecule has 3 aliphatic rings. The van der Waals surface area contributed by atoms with E-state index in [2.05, 4.69) is 20.8 Å². The lowest BCUT2D eigenvalue weighted by Crippen LogP contribution is -2.70. The number of hydrogen-bond acceptors (Lipinski definition) is 2. The SMILES string of the molecule is CC(=O)OC1CC2CC3(C)CC1(C)C23C. The monoisotopic (exact) mass is 208 g/mol. The van der Waals surface area contributed by atoms with E-state index >= 15 is 0 Å². The molecular weight excluding hydrogens is 188 g/mol. The Bertz CT molecular complexity index is 350. The first-order chi connectivity index (χ1) is 6.83. The second-order valence-corrected chi connectivity index (χ2v) is 6.59.